The molecule has 0 spiro atoms. The van der Waals surface area contributed by atoms with Crippen LogP contribution in [0.25, 0.3) is 0 Å². The first kappa shape index (κ1) is 14.7. The van der Waals surface area contributed by atoms with Crippen molar-refractivity contribution in [3.8, 4) is 0 Å². The number of hydrogen-bond acceptors (Lipinski definition) is 3. The third kappa shape index (κ3) is 5.80. The van der Waals surface area contributed by atoms with Crippen LogP contribution < -0.4 is 5.43 Å². The van der Waals surface area contributed by atoms with Gasteiger partial charge in [0.15, 0.2) is 0 Å². The Hall–Kier alpha value is -1.39. The summed E-state index contributed by atoms with van der Waals surface area (Å²) in [7, 11) is 0. The van der Waals surface area contributed by atoms with Gasteiger partial charge < -0.3 is 5.11 Å². The SMILES string of the molecule is CCCCC(=O)NN(CCO)Cc1ccccc1. The number of nitrogens with zero attached hydrogens (tertiary/aromatic N) is 1. The van der Waals surface area contributed by atoms with Gasteiger partial charge in [0.1, 0.15) is 0 Å². The Labute approximate surface area is 109 Å². The van der Waals surface area contributed by atoms with Crippen LogP contribution in [0.3, 0.4) is 0 Å². The van der Waals surface area contributed by atoms with Crippen LogP contribution >= 0.6 is 0 Å². The number of rotatable bonds is 8. The summed E-state index contributed by atoms with van der Waals surface area (Å²) in [6.07, 6.45) is 2.43. The maximum Gasteiger partial charge on any atom is 0.234 e. The second kappa shape index (κ2) is 8.66. The Kier molecular flexibility index (Phi) is 7.06. The normalized spacial score (nSPS) is 10.6. The van der Waals surface area contributed by atoms with Gasteiger partial charge in [0.05, 0.1) is 6.61 Å². The average Bonchev–Trinajstić information content (AvgIpc) is 2.38. The first-order valence-electron chi connectivity index (χ1n) is 6.45. The smallest absolute Gasteiger partial charge is 0.234 e. The number of aliphatic hydroxyl groups excluding tert-OH is 1. The van der Waals surface area contributed by atoms with E-state index in [1.165, 1.54) is 0 Å². The molecular formula is C14H22N2O2. The molecule has 0 saturated carbocycles. The fourth-order valence-corrected chi connectivity index (χ4v) is 1.67. The van der Waals surface area contributed by atoms with Crippen LogP contribution in [0.2, 0.25) is 0 Å². The van der Waals surface area contributed by atoms with Crippen molar-refractivity contribution >= 4 is 5.91 Å². The molecule has 4 heteroatoms. The molecule has 0 aliphatic rings. The highest BCUT2D eigenvalue weighted by Gasteiger charge is 2.08. The molecule has 0 bridgehead atoms. The summed E-state index contributed by atoms with van der Waals surface area (Å²) in [5.74, 6) is 0.0150. The highest BCUT2D eigenvalue weighted by molar-refractivity contribution is 5.75. The lowest BCUT2D eigenvalue weighted by molar-refractivity contribution is -0.126. The van der Waals surface area contributed by atoms with Gasteiger partial charge in [0.2, 0.25) is 5.91 Å². The van der Waals surface area contributed by atoms with E-state index in [0.29, 0.717) is 19.5 Å². The number of hydrogen-bond donors (Lipinski definition) is 2. The van der Waals surface area contributed by atoms with Crippen LogP contribution in [0.15, 0.2) is 30.3 Å². The number of unbranched alkanes of at least 4 members (excludes halogenated alkanes) is 1. The Morgan fingerprint density at radius 2 is 2.06 bits per heavy atom. The molecule has 100 valence electrons. The topological polar surface area (TPSA) is 52.6 Å². The molecule has 0 aromatic heterocycles. The number of aliphatic hydroxyl groups is 1. The van der Waals surface area contributed by atoms with Gasteiger partial charge >= 0.3 is 0 Å². The van der Waals surface area contributed by atoms with Crippen LogP contribution in [0.1, 0.15) is 31.7 Å². The van der Waals surface area contributed by atoms with Crippen molar-refractivity contribution in [2.75, 3.05) is 13.2 Å². The lowest BCUT2D eigenvalue weighted by Crippen LogP contribution is -2.43. The maximum absolute atomic E-state index is 11.6. The second-order valence-corrected chi connectivity index (χ2v) is 4.27. The van der Waals surface area contributed by atoms with Crippen LogP contribution in [-0.2, 0) is 11.3 Å². The average molecular weight is 250 g/mol. The molecular weight excluding hydrogens is 228 g/mol. The summed E-state index contributed by atoms with van der Waals surface area (Å²) in [4.78, 5) is 11.6. The standard InChI is InChI=1S/C14H22N2O2/c1-2-3-9-14(18)15-16(10-11-17)12-13-7-5-4-6-8-13/h4-8,17H,2-3,9-12H2,1H3,(H,15,18). The fraction of sp³-hybridized carbons (Fsp3) is 0.500. The molecule has 0 saturated heterocycles. The monoisotopic (exact) mass is 250 g/mol. The van der Waals surface area contributed by atoms with E-state index < -0.39 is 0 Å². The number of carbonyl (C=O) groups excluding carboxylic acids is 1. The van der Waals surface area contributed by atoms with Gasteiger partial charge in [-0.2, -0.15) is 0 Å². The number of hydrazine groups is 1. The van der Waals surface area contributed by atoms with Crippen molar-refractivity contribution in [2.45, 2.75) is 32.7 Å². The van der Waals surface area contributed by atoms with E-state index in [4.69, 9.17) is 5.11 Å². The van der Waals surface area contributed by atoms with E-state index in [-0.39, 0.29) is 12.5 Å². The molecule has 0 unspecified atom stereocenters. The summed E-state index contributed by atoms with van der Waals surface area (Å²) >= 11 is 0. The molecule has 1 aromatic carbocycles. The van der Waals surface area contributed by atoms with Gasteiger partial charge in [0.25, 0.3) is 0 Å². The summed E-state index contributed by atoms with van der Waals surface area (Å²) < 4.78 is 0. The number of amides is 1. The molecule has 18 heavy (non-hydrogen) atoms. The van der Waals surface area contributed by atoms with Crippen molar-refractivity contribution in [3.05, 3.63) is 35.9 Å². The molecule has 1 rings (SSSR count). The van der Waals surface area contributed by atoms with Crippen LogP contribution in [0, 0.1) is 0 Å². The summed E-state index contributed by atoms with van der Waals surface area (Å²) in [6, 6.07) is 9.89. The third-order valence-corrected chi connectivity index (χ3v) is 2.63. The van der Waals surface area contributed by atoms with E-state index in [1.54, 1.807) is 5.01 Å². The van der Waals surface area contributed by atoms with Gasteiger partial charge in [-0.1, -0.05) is 43.7 Å². The zero-order valence-electron chi connectivity index (χ0n) is 10.9. The minimum Gasteiger partial charge on any atom is -0.395 e. The summed E-state index contributed by atoms with van der Waals surface area (Å²) in [5.41, 5.74) is 3.95. The highest BCUT2D eigenvalue weighted by Crippen LogP contribution is 2.03. The van der Waals surface area contributed by atoms with Crippen molar-refractivity contribution in [1.82, 2.24) is 10.4 Å². The molecule has 2 N–H and O–H groups in total. The molecule has 4 nitrogen and oxygen atoms in total. The minimum absolute atomic E-state index is 0.0150. The molecule has 0 heterocycles. The first-order valence-corrected chi connectivity index (χ1v) is 6.45. The molecule has 1 aromatic rings. The lowest BCUT2D eigenvalue weighted by Gasteiger charge is -2.22. The molecule has 0 aliphatic heterocycles. The largest absolute Gasteiger partial charge is 0.395 e. The van der Waals surface area contributed by atoms with Gasteiger partial charge in [-0.3, -0.25) is 10.2 Å². The zero-order valence-corrected chi connectivity index (χ0v) is 10.9. The van der Waals surface area contributed by atoms with Gasteiger partial charge in [0, 0.05) is 19.5 Å². The third-order valence-electron chi connectivity index (χ3n) is 2.63. The number of carbonyl (C=O) groups is 1. The van der Waals surface area contributed by atoms with Gasteiger partial charge in [-0.05, 0) is 12.0 Å². The number of benzene rings is 1. The zero-order chi connectivity index (χ0) is 13.2. The van der Waals surface area contributed by atoms with Crippen molar-refractivity contribution in [1.29, 1.82) is 0 Å². The molecule has 0 radical (unpaired) electrons. The Bertz CT molecular complexity index is 341. The lowest BCUT2D eigenvalue weighted by atomic mass is 10.2. The van der Waals surface area contributed by atoms with E-state index in [9.17, 15) is 4.79 Å². The van der Waals surface area contributed by atoms with E-state index >= 15 is 0 Å². The molecule has 0 aliphatic carbocycles. The molecule has 0 atom stereocenters. The predicted molar refractivity (Wildman–Crippen MR) is 71.6 cm³/mol. The number of nitrogens with one attached hydrogen (secondary N) is 1. The quantitative estimate of drug-likeness (QED) is 0.690. The van der Waals surface area contributed by atoms with E-state index in [0.717, 1.165) is 18.4 Å². The summed E-state index contributed by atoms with van der Waals surface area (Å²) in [5, 5.41) is 10.8. The van der Waals surface area contributed by atoms with E-state index in [2.05, 4.69) is 12.3 Å². The van der Waals surface area contributed by atoms with Crippen LogP contribution in [0.4, 0.5) is 0 Å². The predicted octanol–water partition coefficient (Wildman–Crippen LogP) is 1.70. The molecule has 0 fully saturated rings. The minimum atomic E-state index is 0.0150. The first-order chi connectivity index (χ1) is 8.76. The Morgan fingerprint density at radius 1 is 1.33 bits per heavy atom. The molecule has 1 amide bonds. The van der Waals surface area contributed by atoms with Crippen molar-refractivity contribution < 1.29 is 9.90 Å². The summed E-state index contributed by atoms with van der Waals surface area (Å²) in [6.45, 7) is 3.13. The van der Waals surface area contributed by atoms with Gasteiger partial charge in [-0.25, -0.2) is 5.01 Å². The van der Waals surface area contributed by atoms with Crippen LogP contribution in [-0.4, -0.2) is 29.2 Å². The van der Waals surface area contributed by atoms with Crippen LogP contribution in [0.5, 0.6) is 0 Å². The maximum atomic E-state index is 11.6. The second-order valence-electron chi connectivity index (χ2n) is 4.27. The Morgan fingerprint density at radius 3 is 2.67 bits per heavy atom. The highest BCUT2D eigenvalue weighted by atomic mass is 16.3. The van der Waals surface area contributed by atoms with E-state index in [1.807, 2.05) is 30.3 Å². The van der Waals surface area contributed by atoms with Crippen molar-refractivity contribution in [3.63, 3.8) is 0 Å². The Balaban J connectivity index is 2.46. The van der Waals surface area contributed by atoms with Gasteiger partial charge in [-0.15, -0.1) is 0 Å². The van der Waals surface area contributed by atoms with Crippen molar-refractivity contribution in [2.24, 2.45) is 0 Å². The fourth-order valence-electron chi connectivity index (χ4n) is 1.67.